The fourth-order valence-electron chi connectivity index (χ4n) is 2.86. The van der Waals surface area contributed by atoms with E-state index in [2.05, 4.69) is 4.98 Å². The van der Waals surface area contributed by atoms with Crippen molar-refractivity contribution in [2.75, 3.05) is 5.73 Å². The summed E-state index contributed by atoms with van der Waals surface area (Å²) in [4.78, 5) is 15.3. The van der Waals surface area contributed by atoms with Crippen LogP contribution < -0.4 is 10.6 Å². The van der Waals surface area contributed by atoms with E-state index < -0.39 is 0 Å². The standard InChI is InChI=1S/C19H18N4O/c1-12(2)24-23-17-14-10-6-7-11-15(14)21-18(20)16(17)22-19(23)13-8-4-3-5-9-13/h3-12H,1-2H3,(H2,20,21). The highest BCUT2D eigenvalue weighted by Crippen LogP contribution is 2.31. The normalized spacial score (nSPS) is 11.5. The summed E-state index contributed by atoms with van der Waals surface area (Å²) in [6.07, 6.45) is -0.00184. The van der Waals surface area contributed by atoms with Gasteiger partial charge in [0.25, 0.3) is 0 Å². The molecule has 2 N–H and O–H groups in total. The van der Waals surface area contributed by atoms with Gasteiger partial charge in [-0.2, -0.15) is 4.73 Å². The molecular weight excluding hydrogens is 300 g/mol. The Labute approximate surface area is 139 Å². The molecule has 120 valence electrons. The molecule has 2 heterocycles. The van der Waals surface area contributed by atoms with E-state index >= 15 is 0 Å². The van der Waals surface area contributed by atoms with E-state index in [1.54, 1.807) is 4.73 Å². The Bertz CT molecular complexity index is 1020. The highest BCUT2D eigenvalue weighted by atomic mass is 16.7. The van der Waals surface area contributed by atoms with Crippen molar-refractivity contribution >= 4 is 27.8 Å². The Morgan fingerprint density at radius 3 is 2.42 bits per heavy atom. The molecule has 0 aliphatic heterocycles. The minimum absolute atomic E-state index is 0.00184. The van der Waals surface area contributed by atoms with Crippen molar-refractivity contribution in [3.8, 4) is 11.4 Å². The van der Waals surface area contributed by atoms with Crippen LogP contribution in [0.1, 0.15) is 13.8 Å². The van der Waals surface area contributed by atoms with E-state index in [1.807, 2.05) is 68.4 Å². The fourth-order valence-corrected chi connectivity index (χ4v) is 2.86. The number of nitrogen functional groups attached to an aromatic ring is 1. The van der Waals surface area contributed by atoms with Crippen LogP contribution in [-0.2, 0) is 0 Å². The second kappa shape index (κ2) is 5.53. The molecule has 0 saturated carbocycles. The van der Waals surface area contributed by atoms with Gasteiger partial charge < -0.3 is 10.6 Å². The minimum Gasteiger partial charge on any atom is -0.409 e. The molecule has 0 amide bonds. The molecule has 0 fully saturated rings. The summed E-state index contributed by atoms with van der Waals surface area (Å²) >= 11 is 0. The van der Waals surface area contributed by atoms with E-state index in [0.29, 0.717) is 11.3 Å². The topological polar surface area (TPSA) is 66.0 Å². The predicted molar refractivity (Wildman–Crippen MR) is 96.6 cm³/mol. The zero-order chi connectivity index (χ0) is 16.7. The number of hydrogen-bond donors (Lipinski definition) is 1. The lowest BCUT2D eigenvalue weighted by Gasteiger charge is -2.14. The van der Waals surface area contributed by atoms with E-state index in [4.69, 9.17) is 15.6 Å². The van der Waals surface area contributed by atoms with Crippen LogP contribution in [0, 0.1) is 0 Å². The molecule has 0 bridgehead atoms. The molecule has 0 unspecified atom stereocenters. The molecule has 0 saturated heterocycles. The molecule has 0 radical (unpaired) electrons. The van der Waals surface area contributed by atoms with Gasteiger partial charge in [0.2, 0.25) is 0 Å². The van der Waals surface area contributed by atoms with E-state index in [1.165, 1.54) is 0 Å². The lowest BCUT2D eigenvalue weighted by molar-refractivity contribution is 0.0711. The van der Waals surface area contributed by atoms with Gasteiger partial charge in [0.15, 0.2) is 11.6 Å². The fraction of sp³-hybridized carbons (Fsp3) is 0.158. The summed E-state index contributed by atoms with van der Waals surface area (Å²) < 4.78 is 1.79. The molecule has 5 heteroatoms. The van der Waals surface area contributed by atoms with Gasteiger partial charge in [0.1, 0.15) is 17.1 Å². The largest absolute Gasteiger partial charge is 0.409 e. The van der Waals surface area contributed by atoms with Crippen molar-refractivity contribution in [1.82, 2.24) is 14.7 Å². The summed E-state index contributed by atoms with van der Waals surface area (Å²) in [5.74, 6) is 1.14. The Balaban J connectivity index is 2.13. The number of aromatic nitrogens is 3. The maximum absolute atomic E-state index is 6.17. The first-order valence-corrected chi connectivity index (χ1v) is 7.94. The second-order valence-electron chi connectivity index (χ2n) is 5.96. The van der Waals surface area contributed by atoms with Crippen LogP contribution in [0.3, 0.4) is 0 Å². The molecule has 4 aromatic rings. The van der Waals surface area contributed by atoms with Crippen LogP contribution in [0.4, 0.5) is 5.82 Å². The van der Waals surface area contributed by atoms with Gasteiger partial charge in [-0.1, -0.05) is 48.5 Å². The first kappa shape index (κ1) is 14.5. The first-order valence-electron chi connectivity index (χ1n) is 7.94. The van der Waals surface area contributed by atoms with Crippen LogP contribution in [0.15, 0.2) is 54.6 Å². The highest BCUT2D eigenvalue weighted by molar-refractivity contribution is 6.07. The van der Waals surface area contributed by atoms with Crippen molar-refractivity contribution in [1.29, 1.82) is 0 Å². The number of nitrogens with zero attached hydrogens (tertiary/aromatic N) is 3. The Hall–Kier alpha value is -3.08. The van der Waals surface area contributed by atoms with Crippen LogP contribution >= 0.6 is 0 Å². The lowest BCUT2D eigenvalue weighted by atomic mass is 10.2. The zero-order valence-electron chi connectivity index (χ0n) is 13.6. The van der Waals surface area contributed by atoms with Crippen molar-refractivity contribution in [3.63, 3.8) is 0 Å². The molecule has 4 rings (SSSR count). The summed E-state index contributed by atoms with van der Waals surface area (Å²) in [7, 11) is 0. The number of para-hydroxylation sites is 1. The Morgan fingerprint density at radius 2 is 1.67 bits per heavy atom. The van der Waals surface area contributed by atoms with Crippen LogP contribution in [0.2, 0.25) is 0 Å². The highest BCUT2D eigenvalue weighted by Gasteiger charge is 2.20. The smallest absolute Gasteiger partial charge is 0.176 e. The van der Waals surface area contributed by atoms with Gasteiger partial charge in [-0.3, -0.25) is 0 Å². The third-order valence-electron chi connectivity index (χ3n) is 3.83. The quantitative estimate of drug-likeness (QED) is 0.626. The SMILES string of the molecule is CC(C)On1c(-c2ccccc2)nc2c(N)nc3ccccc3c21. The third-order valence-corrected chi connectivity index (χ3v) is 3.83. The molecule has 2 aromatic carbocycles. The summed E-state index contributed by atoms with van der Waals surface area (Å²) in [5.41, 5.74) is 9.48. The van der Waals surface area contributed by atoms with Gasteiger partial charge in [0.05, 0.1) is 5.52 Å². The zero-order valence-corrected chi connectivity index (χ0v) is 13.6. The molecule has 2 aromatic heterocycles. The van der Waals surface area contributed by atoms with Gasteiger partial charge in [-0.25, -0.2) is 9.97 Å². The number of imidazole rings is 1. The van der Waals surface area contributed by atoms with E-state index in [9.17, 15) is 0 Å². The summed E-state index contributed by atoms with van der Waals surface area (Å²) in [6.45, 7) is 3.99. The number of rotatable bonds is 3. The monoisotopic (exact) mass is 318 g/mol. The van der Waals surface area contributed by atoms with Crippen molar-refractivity contribution in [2.45, 2.75) is 20.0 Å². The molecular formula is C19H18N4O. The lowest BCUT2D eigenvalue weighted by Crippen LogP contribution is -2.20. The van der Waals surface area contributed by atoms with Crippen molar-refractivity contribution in [3.05, 3.63) is 54.6 Å². The second-order valence-corrected chi connectivity index (χ2v) is 5.96. The maximum Gasteiger partial charge on any atom is 0.176 e. The number of nitrogens with two attached hydrogens (primary N) is 1. The number of pyridine rings is 1. The average Bonchev–Trinajstić information content (AvgIpc) is 2.95. The Morgan fingerprint density at radius 1 is 0.958 bits per heavy atom. The van der Waals surface area contributed by atoms with Crippen LogP contribution in [0.25, 0.3) is 33.3 Å². The Kier molecular flexibility index (Phi) is 3.34. The van der Waals surface area contributed by atoms with Gasteiger partial charge in [-0.15, -0.1) is 0 Å². The molecule has 5 nitrogen and oxygen atoms in total. The van der Waals surface area contributed by atoms with Crippen molar-refractivity contribution < 1.29 is 4.84 Å². The van der Waals surface area contributed by atoms with E-state index in [0.717, 1.165) is 27.8 Å². The molecule has 0 atom stereocenters. The van der Waals surface area contributed by atoms with Crippen LogP contribution in [0.5, 0.6) is 0 Å². The molecule has 0 spiro atoms. The van der Waals surface area contributed by atoms with Gasteiger partial charge in [-0.05, 0) is 19.9 Å². The van der Waals surface area contributed by atoms with Gasteiger partial charge >= 0.3 is 0 Å². The number of hydrogen-bond acceptors (Lipinski definition) is 4. The first-order chi connectivity index (χ1) is 11.6. The molecule has 24 heavy (non-hydrogen) atoms. The summed E-state index contributed by atoms with van der Waals surface area (Å²) in [6, 6.07) is 17.8. The number of fused-ring (bicyclic) bond motifs is 3. The molecule has 0 aliphatic rings. The van der Waals surface area contributed by atoms with Crippen LogP contribution in [-0.4, -0.2) is 20.8 Å². The van der Waals surface area contributed by atoms with Gasteiger partial charge in [0, 0.05) is 10.9 Å². The molecule has 0 aliphatic carbocycles. The minimum atomic E-state index is -0.00184. The summed E-state index contributed by atoms with van der Waals surface area (Å²) in [5, 5.41) is 0.969. The number of benzene rings is 2. The average molecular weight is 318 g/mol. The predicted octanol–water partition coefficient (Wildman–Crippen LogP) is 3.67. The van der Waals surface area contributed by atoms with E-state index in [-0.39, 0.29) is 6.10 Å². The third kappa shape index (κ3) is 2.25. The van der Waals surface area contributed by atoms with Crippen molar-refractivity contribution in [2.24, 2.45) is 0 Å². The number of anilines is 1. The maximum atomic E-state index is 6.17.